The van der Waals surface area contributed by atoms with Crippen molar-refractivity contribution in [2.75, 3.05) is 5.32 Å². The number of allylic oxidation sites excluding steroid dienone is 2. The normalized spacial score (nSPS) is 28.8. The van der Waals surface area contributed by atoms with E-state index >= 15 is 0 Å². The largest absolute Gasteiger partial charge is 0.480 e. The SMILES string of the molecule is Cc1ccc2c(c1)C1C=CCCCC1C(C(=O)O)N2. The monoisotopic (exact) mass is 257 g/mol. The molecule has 0 saturated carbocycles. The van der Waals surface area contributed by atoms with Crippen LogP contribution in [-0.2, 0) is 4.79 Å². The molecule has 0 bridgehead atoms. The maximum atomic E-state index is 11.5. The van der Waals surface area contributed by atoms with Gasteiger partial charge in [0.2, 0.25) is 0 Å². The Balaban J connectivity index is 2.09. The lowest BCUT2D eigenvalue weighted by Crippen LogP contribution is -2.43. The van der Waals surface area contributed by atoms with Gasteiger partial charge in [0.15, 0.2) is 0 Å². The Morgan fingerprint density at radius 3 is 3.05 bits per heavy atom. The number of carboxylic acids is 1. The van der Waals surface area contributed by atoms with E-state index in [9.17, 15) is 9.90 Å². The van der Waals surface area contributed by atoms with E-state index in [0.717, 1.165) is 24.9 Å². The molecule has 3 heteroatoms. The Labute approximate surface area is 113 Å². The van der Waals surface area contributed by atoms with Crippen molar-refractivity contribution in [2.24, 2.45) is 5.92 Å². The van der Waals surface area contributed by atoms with Gasteiger partial charge in [-0.15, -0.1) is 0 Å². The molecule has 2 N–H and O–H groups in total. The third-order valence-electron chi connectivity index (χ3n) is 4.28. The molecule has 0 amide bonds. The van der Waals surface area contributed by atoms with Crippen molar-refractivity contribution in [3.8, 4) is 0 Å². The van der Waals surface area contributed by atoms with Gasteiger partial charge in [-0.1, -0.05) is 29.8 Å². The van der Waals surface area contributed by atoms with Crippen LogP contribution in [0.3, 0.4) is 0 Å². The molecule has 1 aliphatic carbocycles. The van der Waals surface area contributed by atoms with Crippen LogP contribution in [0.4, 0.5) is 5.69 Å². The fraction of sp³-hybridized carbons (Fsp3) is 0.438. The van der Waals surface area contributed by atoms with Gasteiger partial charge in [0.1, 0.15) is 6.04 Å². The molecule has 3 nitrogen and oxygen atoms in total. The summed E-state index contributed by atoms with van der Waals surface area (Å²) < 4.78 is 0. The molecule has 1 heterocycles. The minimum absolute atomic E-state index is 0.158. The molecule has 0 aromatic heterocycles. The lowest BCUT2D eigenvalue weighted by molar-refractivity contribution is -0.139. The summed E-state index contributed by atoms with van der Waals surface area (Å²) in [4.78, 5) is 11.5. The van der Waals surface area contributed by atoms with Gasteiger partial charge in [0, 0.05) is 17.5 Å². The molecular weight excluding hydrogens is 238 g/mol. The molecule has 0 spiro atoms. The summed E-state index contributed by atoms with van der Waals surface area (Å²) in [5.74, 6) is -0.346. The number of aryl methyl sites for hydroxylation is 1. The number of carbonyl (C=O) groups is 1. The van der Waals surface area contributed by atoms with Crippen molar-refractivity contribution in [3.63, 3.8) is 0 Å². The number of anilines is 1. The van der Waals surface area contributed by atoms with E-state index in [1.54, 1.807) is 0 Å². The van der Waals surface area contributed by atoms with Crippen molar-refractivity contribution in [1.82, 2.24) is 0 Å². The third-order valence-corrected chi connectivity index (χ3v) is 4.28. The molecule has 1 aromatic rings. The lowest BCUT2D eigenvalue weighted by Gasteiger charge is -2.37. The maximum Gasteiger partial charge on any atom is 0.326 e. The molecule has 3 rings (SSSR count). The number of hydrogen-bond acceptors (Lipinski definition) is 2. The Morgan fingerprint density at radius 1 is 1.42 bits per heavy atom. The fourth-order valence-electron chi connectivity index (χ4n) is 3.35. The number of carboxylic acid groups (broad SMARTS) is 1. The van der Waals surface area contributed by atoms with E-state index in [1.807, 2.05) is 12.1 Å². The highest BCUT2D eigenvalue weighted by molar-refractivity contribution is 5.80. The van der Waals surface area contributed by atoms with Gasteiger partial charge in [-0.05, 0) is 37.8 Å². The minimum atomic E-state index is -0.739. The van der Waals surface area contributed by atoms with Crippen LogP contribution < -0.4 is 5.32 Å². The Morgan fingerprint density at radius 2 is 2.26 bits per heavy atom. The van der Waals surface area contributed by atoms with Gasteiger partial charge in [-0.3, -0.25) is 0 Å². The van der Waals surface area contributed by atoms with E-state index < -0.39 is 12.0 Å². The fourth-order valence-corrected chi connectivity index (χ4v) is 3.35. The maximum absolute atomic E-state index is 11.5. The van der Waals surface area contributed by atoms with Crippen molar-refractivity contribution in [2.45, 2.75) is 38.1 Å². The van der Waals surface area contributed by atoms with Crippen molar-refractivity contribution < 1.29 is 9.90 Å². The van der Waals surface area contributed by atoms with Gasteiger partial charge in [-0.2, -0.15) is 0 Å². The smallest absolute Gasteiger partial charge is 0.326 e. The molecule has 1 aliphatic heterocycles. The van der Waals surface area contributed by atoms with Crippen molar-refractivity contribution in [1.29, 1.82) is 0 Å². The molecule has 3 atom stereocenters. The zero-order valence-electron chi connectivity index (χ0n) is 11.1. The standard InChI is InChI=1S/C16H19NO2/c1-10-7-8-14-13(9-10)11-5-3-2-4-6-12(11)15(17-14)16(18)19/h3,5,7-9,11-12,15,17H,2,4,6H2,1H3,(H,18,19). The highest BCUT2D eigenvalue weighted by Crippen LogP contribution is 2.43. The van der Waals surface area contributed by atoms with Crippen LogP contribution in [0.25, 0.3) is 0 Å². The Kier molecular flexibility index (Phi) is 3.05. The van der Waals surface area contributed by atoms with Crippen LogP contribution in [0, 0.1) is 12.8 Å². The topological polar surface area (TPSA) is 49.3 Å². The number of fused-ring (bicyclic) bond motifs is 3. The zero-order valence-corrected chi connectivity index (χ0v) is 11.1. The first-order valence-electron chi connectivity index (χ1n) is 6.93. The quantitative estimate of drug-likeness (QED) is 0.759. The van der Waals surface area contributed by atoms with E-state index in [-0.39, 0.29) is 11.8 Å². The Bertz CT molecular complexity index is 536. The molecule has 3 unspecified atom stereocenters. The number of hydrogen-bond donors (Lipinski definition) is 2. The highest BCUT2D eigenvalue weighted by Gasteiger charge is 2.39. The highest BCUT2D eigenvalue weighted by atomic mass is 16.4. The predicted molar refractivity (Wildman–Crippen MR) is 75.4 cm³/mol. The molecule has 2 aliphatic rings. The van der Waals surface area contributed by atoms with Gasteiger partial charge in [0.05, 0.1) is 0 Å². The van der Waals surface area contributed by atoms with E-state index in [2.05, 4.69) is 30.5 Å². The molecule has 19 heavy (non-hydrogen) atoms. The molecule has 0 radical (unpaired) electrons. The lowest BCUT2D eigenvalue weighted by atomic mass is 9.75. The summed E-state index contributed by atoms with van der Waals surface area (Å²) in [6.07, 6.45) is 7.52. The molecular formula is C16H19NO2. The molecule has 0 saturated heterocycles. The Hall–Kier alpha value is -1.77. The summed E-state index contributed by atoms with van der Waals surface area (Å²) in [6, 6.07) is 5.76. The summed E-state index contributed by atoms with van der Waals surface area (Å²) in [6.45, 7) is 2.08. The average molecular weight is 257 g/mol. The molecule has 0 fully saturated rings. The minimum Gasteiger partial charge on any atom is -0.480 e. The third kappa shape index (κ3) is 2.14. The van der Waals surface area contributed by atoms with E-state index in [4.69, 9.17) is 0 Å². The number of nitrogens with one attached hydrogen (secondary N) is 1. The van der Waals surface area contributed by atoms with Crippen LogP contribution in [0.15, 0.2) is 30.4 Å². The summed E-state index contributed by atoms with van der Waals surface area (Å²) in [5.41, 5.74) is 3.46. The predicted octanol–water partition coefficient (Wildman–Crippen LogP) is 3.31. The number of rotatable bonds is 1. The summed E-state index contributed by atoms with van der Waals surface area (Å²) in [5, 5.41) is 12.7. The van der Waals surface area contributed by atoms with Crippen LogP contribution in [0.5, 0.6) is 0 Å². The first-order chi connectivity index (χ1) is 9.16. The summed E-state index contributed by atoms with van der Waals surface area (Å²) >= 11 is 0. The van der Waals surface area contributed by atoms with Gasteiger partial charge in [-0.25, -0.2) is 4.79 Å². The van der Waals surface area contributed by atoms with E-state index in [0.29, 0.717) is 0 Å². The number of aliphatic carboxylic acids is 1. The van der Waals surface area contributed by atoms with Crippen molar-refractivity contribution >= 4 is 11.7 Å². The molecule has 100 valence electrons. The summed E-state index contributed by atoms with van der Waals surface area (Å²) in [7, 11) is 0. The van der Waals surface area contributed by atoms with Crippen LogP contribution in [0.2, 0.25) is 0 Å². The number of benzene rings is 1. The van der Waals surface area contributed by atoms with Gasteiger partial charge in [0.25, 0.3) is 0 Å². The zero-order chi connectivity index (χ0) is 13.4. The van der Waals surface area contributed by atoms with E-state index in [1.165, 1.54) is 11.1 Å². The van der Waals surface area contributed by atoms with Crippen LogP contribution >= 0.6 is 0 Å². The second kappa shape index (κ2) is 4.72. The van der Waals surface area contributed by atoms with Gasteiger partial charge < -0.3 is 10.4 Å². The van der Waals surface area contributed by atoms with Crippen LogP contribution in [0.1, 0.15) is 36.3 Å². The first-order valence-corrected chi connectivity index (χ1v) is 6.93. The second-order valence-corrected chi connectivity index (χ2v) is 5.60. The van der Waals surface area contributed by atoms with Gasteiger partial charge >= 0.3 is 5.97 Å². The average Bonchev–Trinajstić information content (AvgIpc) is 2.63. The second-order valence-electron chi connectivity index (χ2n) is 5.60. The van der Waals surface area contributed by atoms with Crippen LogP contribution in [-0.4, -0.2) is 17.1 Å². The molecule has 1 aromatic carbocycles. The van der Waals surface area contributed by atoms with Crippen molar-refractivity contribution in [3.05, 3.63) is 41.5 Å². The first kappa shape index (κ1) is 12.3.